The van der Waals surface area contributed by atoms with Crippen LogP contribution in [0.3, 0.4) is 0 Å². The van der Waals surface area contributed by atoms with Crippen LogP contribution in [0.1, 0.15) is 54.1 Å². The monoisotopic (exact) mass is 592 g/mol. The zero-order valence-electron chi connectivity index (χ0n) is 23.0. The number of nitrogens with zero attached hydrogens (tertiary/aromatic N) is 5. The first-order chi connectivity index (χ1) is 19.6. The minimum absolute atomic E-state index is 0.127. The van der Waals surface area contributed by atoms with Gasteiger partial charge in [0.15, 0.2) is 11.2 Å². The Morgan fingerprint density at radius 3 is 2.51 bits per heavy atom. The quantitative estimate of drug-likeness (QED) is 0.301. The minimum Gasteiger partial charge on any atom is -0.480 e. The Bertz CT molecular complexity index is 1750. The fraction of sp³-hybridized carbons (Fsp3) is 0.276. The standard InChI is InChI=1S/C29H26Cl2N6O4/c1-6-41-28-32-13-18(25(35-28)40-5)24-34-22-23(36(24)14(2)3)29(19-10-9-16(30)11-20(19)33-27(29)39)37(26(22)38)21-12-17(31)8-7-15(21)4/h7-14H,6H2,1-5H3,(H,33,39)/t29-/m1/s1. The van der Waals surface area contributed by atoms with Crippen LogP contribution in [0, 0.1) is 6.92 Å². The minimum atomic E-state index is -1.60. The number of methoxy groups -OCH3 is 1. The number of ether oxygens (including phenoxy) is 2. The van der Waals surface area contributed by atoms with Crippen molar-refractivity contribution in [3.05, 3.63) is 75.2 Å². The molecule has 12 heteroatoms. The number of imidazole rings is 1. The van der Waals surface area contributed by atoms with Crippen molar-refractivity contribution >= 4 is 46.4 Å². The van der Waals surface area contributed by atoms with Crippen LogP contribution in [0.25, 0.3) is 11.4 Å². The zero-order valence-corrected chi connectivity index (χ0v) is 24.5. The summed E-state index contributed by atoms with van der Waals surface area (Å²) in [5.41, 5.74) is 1.73. The molecule has 2 amide bonds. The topological polar surface area (TPSA) is 111 Å². The van der Waals surface area contributed by atoms with E-state index in [1.165, 1.54) is 12.0 Å². The molecule has 41 heavy (non-hydrogen) atoms. The second-order valence-electron chi connectivity index (χ2n) is 10.0. The van der Waals surface area contributed by atoms with Gasteiger partial charge in [-0.05, 0) is 57.5 Å². The molecule has 1 spiro atoms. The third kappa shape index (κ3) is 3.81. The van der Waals surface area contributed by atoms with Crippen molar-refractivity contribution in [3.63, 3.8) is 0 Å². The average molecular weight is 593 g/mol. The third-order valence-corrected chi connectivity index (χ3v) is 7.78. The molecule has 0 unspecified atom stereocenters. The van der Waals surface area contributed by atoms with E-state index < -0.39 is 17.4 Å². The van der Waals surface area contributed by atoms with Gasteiger partial charge in [-0.3, -0.25) is 14.5 Å². The molecule has 1 atom stereocenters. The second-order valence-corrected chi connectivity index (χ2v) is 10.9. The number of carbonyl (C=O) groups excluding carboxylic acids is 2. The number of anilines is 2. The molecule has 0 saturated carbocycles. The Morgan fingerprint density at radius 2 is 1.80 bits per heavy atom. The fourth-order valence-electron chi connectivity index (χ4n) is 5.68. The van der Waals surface area contributed by atoms with Crippen molar-refractivity contribution in [3.8, 4) is 23.3 Å². The fourth-order valence-corrected chi connectivity index (χ4v) is 6.02. The van der Waals surface area contributed by atoms with E-state index in [-0.39, 0.29) is 23.6 Å². The van der Waals surface area contributed by atoms with Gasteiger partial charge in [-0.25, -0.2) is 9.97 Å². The molecule has 2 aliphatic heterocycles. The Balaban J connectivity index is 1.70. The number of carbonyl (C=O) groups is 2. The van der Waals surface area contributed by atoms with E-state index in [4.69, 9.17) is 37.7 Å². The number of aromatic nitrogens is 4. The van der Waals surface area contributed by atoms with E-state index >= 15 is 0 Å². The van der Waals surface area contributed by atoms with Gasteiger partial charge in [0, 0.05) is 33.5 Å². The van der Waals surface area contributed by atoms with Gasteiger partial charge in [-0.2, -0.15) is 4.98 Å². The van der Waals surface area contributed by atoms with Crippen LogP contribution < -0.4 is 19.7 Å². The summed E-state index contributed by atoms with van der Waals surface area (Å²) in [5.74, 6) is -0.254. The van der Waals surface area contributed by atoms with Gasteiger partial charge < -0.3 is 19.4 Å². The Morgan fingerprint density at radius 1 is 1.07 bits per heavy atom. The summed E-state index contributed by atoms with van der Waals surface area (Å²) in [6, 6.07) is 10.3. The normalized spacial score (nSPS) is 17.3. The molecule has 0 fully saturated rings. The van der Waals surface area contributed by atoms with Crippen LogP contribution >= 0.6 is 23.2 Å². The number of aryl methyl sites for hydroxylation is 1. The summed E-state index contributed by atoms with van der Waals surface area (Å²) in [4.78, 5) is 43.8. The maximum atomic E-state index is 14.5. The van der Waals surface area contributed by atoms with Crippen molar-refractivity contribution in [1.82, 2.24) is 19.5 Å². The highest BCUT2D eigenvalue weighted by Crippen LogP contribution is 2.55. The average Bonchev–Trinajstić information content (AvgIpc) is 3.54. The summed E-state index contributed by atoms with van der Waals surface area (Å²) in [6.07, 6.45) is 1.55. The number of fused-ring (bicyclic) bond motifs is 4. The number of benzene rings is 2. The van der Waals surface area contributed by atoms with E-state index in [1.807, 2.05) is 38.3 Å². The SMILES string of the molecule is CCOc1ncc(-c2nc3c(n2C(C)C)[C@]2(C(=O)Nc4cc(Cl)ccc42)N(c2cc(Cl)ccc2C)C3=O)c(OC)n1. The molecule has 0 bridgehead atoms. The number of nitrogens with one attached hydrogen (secondary N) is 1. The highest BCUT2D eigenvalue weighted by Gasteiger charge is 2.64. The predicted molar refractivity (Wildman–Crippen MR) is 155 cm³/mol. The Labute approximate surface area is 246 Å². The van der Waals surface area contributed by atoms with Crippen molar-refractivity contribution in [2.45, 2.75) is 39.3 Å². The molecule has 4 aromatic rings. The largest absolute Gasteiger partial charge is 0.480 e. The molecule has 2 aromatic carbocycles. The lowest BCUT2D eigenvalue weighted by molar-refractivity contribution is -0.119. The highest BCUT2D eigenvalue weighted by atomic mass is 35.5. The molecule has 2 aromatic heterocycles. The first-order valence-corrected chi connectivity index (χ1v) is 13.8. The van der Waals surface area contributed by atoms with Crippen molar-refractivity contribution < 1.29 is 19.1 Å². The van der Waals surface area contributed by atoms with Crippen LogP contribution in [-0.2, 0) is 10.3 Å². The number of hydrogen-bond acceptors (Lipinski definition) is 7. The van der Waals surface area contributed by atoms with Gasteiger partial charge in [-0.1, -0.05) is 35.3 Å². The molecule has 0 aliphatic carbocycles. The van der Waals surface area contributed by atoms with Gasteiger partial charge in [0.25, 0.3) is 11.8 Å². The molecule has 1 N–H and O–H groups in total. The lowest BCUT2D eigenvalue weighted by Gasteiger charge is -2.36. The number of hydrogen-bond donors (Lipinski definition) is 1. The van der Waals surface area contributed by atoms with E-state index in [1.54, 1.807) is 36.5 Å². The molecule has 0 radical (unpaired) electrons. The first kappa shape index (κ1) is 27.0. The lowest BCUT2D eigenvalue weighted by atomic mass is 9.86. The van der Waals surface area contributed by atoms with Crippen molar-refractivity contribution in [1.29, 1.82) is 0 Å². The first-order valence-electron chi connectivity index (χ1n) is 13.0. The van der Waals surface area contributed by atoms with Gasteiger partial charge >= 0.3 is 6.01 Å². The summed E-state index contributed by atoms with van der Waals surface area (Å²) in [5, 5.41) is 3.85. The third-order valence-electron chi connectivity index (χ3n) is 7.31. The summed E-state index contributed by atoms with van der Waals surface area (Å²) in [6.45, 7) is 7.98. The Kier molecular flexibility index (Phi) is 6.43. The molecule has 210 valence electrons. The van der Waals surface area contributed by atoms with Crippen LogP contribution in [0.4, 0.5) is 11.4 Å². The molecule has 0 saturated heterocycles. The van der Waals surface area contributed by atoms with Gasteiger partial charge in [-0.15, -0.1) is 0 Å². The van der Waals surface area contributed by atoms with E-state index in [9.17, 15) is 9.59 Å². The maximum absolute atomic E-state index is 14.5. The molecule has 2 aliphatic rings. The van der Waals surface area contributed by atoms with Crippen molar-refractivity contribution in [2.75, 3.05) is 23.9 Å². The summed E-state index contributed by atoms with van der Waals surface area (Å²) < 4.78 is 12.9. The maximum Gasteiger partial charge on any atom is 0.319 e. The smallest absolute Gasteiger partial charge is 0.319 e. The van der Waals surface area contributed by atoms with Crippen LogP contribution in [0.2, 0.25) is 10.0 Å². The molecular formula is C29H26Cl2N6O4. The van der Waals surface area contributed by atoms with Gasteiger partial charge in [0.2, 0.25) is 5.88 Å². The molecule has 6 rings (SSSR count). The van der Waals surface area contributed by atoms with Crippen LogP contribution in [0.5, 0.6) is 11.9 Å². The predicted octanol–water partition coefficient (Wildman–Crippen LogP) is 5.80. The van der Waals surface area contributed by atoms with E-state index in [0.29, 0.717) is 50.7 Å². The van der Waals surface area contributed by atoms with Gasteiger partial charge in [0.05, 0.1) is 30.7 Å². The summed E-state index contributed by atoms with van der Waals surface area (Å²) >= 11 is 12.7. The number of amides is 2. The van der Waals surface area contributed by atoms with Crippen molar-refractivity contribution in [2.24, 2.45) is 0 Å². The highest BCUT2D eigenvalue weighted by molar-refractivity contribution is 6.32. The van der Waals surface area contributed by atoms with Crippen LogP contribution in [-0.4, -0.2) is 45.1 Å². The van der Waals surface area contributed by atoms with E-state index in [0.717, 1.165) is 5.56 Å². The van der Waals surface area contributed by atoms with Gasteiger partial charge in [0.1, 0.15) is 5.82 Å². The second kappa shape index (κ2) is 9.74. The lowest BCUT2D eigenvalue weighted by Crippen LogP contribution is -2.51. The van der Waals surface area contributed by atoms with Crippen LogP contribution in [0.15, 0.2) is 42.6 Å². The summed E-state index contributed by atoms with van der Waals surface area (Å²) in [7, 11) is 1.48. The van der Waals surface area contributed by atoms with E-state index in [2.05, 4.69) is 15.3 Å². The molecule has 4 heterocycles. The molecule has 10 nitrogen and oxygen atoms in total. The number of halogens is 2. The Hall–Kier alpha value is -4.15. The number of rotatable bonds is 6. The zero-order chi connectivity index (χ0) is 29.2. The molecular weight excluding hydrogens is 567 g/mol.